The Morgan fingerprint density at radius 3 is 2.47 bits per heavy atom. The van der Waals surface area contributed by atoms with Gasteiger partial charge in [0.1, 0.15) is 24.2 Å². The summed E-state index contributed by atoms with van der Waals surface area (Å²) in [5, 5.41) is 8.57. The average Bonchev–Trinajstić information content (AvgIpc) is 2.27. The first-order chi connectivity index (χ1) is 8.67. The van der Waals surface area contributed by atoms with Gasteiger partial charge < -0.3 is 4.74 Å². The summed E-state index contributed by atoms with van der Waals surface area (Å²) in [5.41, 5.74) is -0.0744. The third kappa shape index (κ3) is 3.93. The van der Waals surface area contributed by atoms with Crippen LogP contribution in [0.1, 0.15) is 26.3 Å². The second-order valence-corrected chi connectivity index (χ2v) is 7.90. The van der Waals surface area contributed by atoms with Gasteiger partial charge in [0.15, 0.2) is 9.84 Å². The first kappa shape index (κ1) is 15.4. The van der Waals surface area contributed by atoms with Crippen LogP contribution in [0, 0.1) is 17.1 Å². The van der Waals surface area contributed by atoms with Crippen LogP contribution in [0.3, 0.4) is 0 Å². The van der Waals surface area contributed by atoms with Crippen molar-refractivity contribution in [1.82, 2.24) is 0 Å². The predicted octanol–water partition coefficient (Wildman–Crippen LogP) is 2.29. The minimum atomic E-state index is -3.26. The first-order valence-electron chi connectivity index (χ1n) is 5.72. The fourth-order valence-corrected chi connectivity index (χ4v) is 2.17. The van der Waals surface area contributed by atoms with Gasteiger partial charge in [-0.25, -0.2) is 12.8 Å². The van der Waals surface area contributed by atoms with Crippen LogP contribution in [0.25, 0.3) is 0 Å². The summed E-state index contributed by atoms with van der Waals surface area (Å²) in [5.74, 6) is -0.614. The van der Waals surface area contributed by atoms with Gasteiger partial charge in [0.05, 0.1) is 16.1 Å². The fraction of sp³-hybridized carbons (Fsp3) is 0.462. The van der Waals surface area contributed by atoms with E-state index >= 15 is 0 Å². The van der Waals surface area contributed by atoms with Crippen molar-refractivity contribution in [2.45, 2.75) is 25.5 Å². The number of benzene rings is 1. The summed E-state index contributed by atoms with van der Waals surface area (Å²) < 4.78 is 41.3. The maximum absolute atomic E-state index is 13.3. The standard InChI is InChI=1S/C13H16FNO3S/c1-13(2,3)19(16,17)7-6-18-11-5-4-10(9-15)12(14)8-11/h4-5,8H,6-7H2,1-3H3. The van der Waals surface area contributed by atoms with Crippen LogP contribution in [-0.2, 0) is 9.84 Å². The second kappa shape index (κ2) is 5.57. The number of hydrogen-bond acceptors (Lipinski definition) is 4. The van der Waals surface area contributed by atoms with E-state index < -0.39 is 20.4 Å². The third-order valence-corrected chi connectivity index (χ3v) is 5.18. The fourth-order valence-electron chi connectivity index (χ4n) is 1.25. The van der Waals surface area contributed by atoms with Gasteiger partial charge >= 0.3 is 0 Å². The van der Waals surface area contributed by atoms with E-state index in [0.717, 1.165) is 6.07 Å². The van der Waals surface area contributed by atoms with Crippen molar-refractivity contribution in [3.8, 4) is 11.8 Å². The lowest BCUT2D eigenvalue weighted by Gasteiger charge is -2.19. The molecule has 6 heteroatoms. The average molecular weight is 285 g/mol. The molecule has 0 aliphatic heterocycles. The zero-order valence-electron chi connectivity index (χ0n) is 11.1. The van der Waals surface area contributed by atoms with Crippen molar-refractivity contribution in [1.29, 1.82) is 5.26 Å². The summed E-state index contributed by atoms with van der Waals surface area (Å²) in [4.78, 5) is 0. The molecule has 1 rings (SSSR count). The van der Waals surface area contributed by atoms with Crippen LogP contribution in [0.5, 0.6) is 5.75 Å². The summed E-state index contributed by atoms with van der Waals surface area (Å²) in [6.07, 6.45) is 0. The molecule has 0 amide bonds. The maximum Gasteiger partial charge on any atom is 0.158 e. The van der Waals surface area contributed by atoms with Crippen molar-refractivity contribution in [3.63, 3.8) is 0 Å². The highest BCUT2D eigenvalue weighted by Gasteiger charge is 2.28. The van der Waals surface area contributed by atoms with E-state index in [0.29, 0.717) is 0 Å². The SMILES string of the molecule is CC(C)(C)S(=O)(=O)CCOc1ccc(C#N)c(F)c1. The van der Waals surface area contributed by atoms with Gasteiger partial charge in [-0.05, 0) is 32.9 Å². The predicted molar refractivity (Wildman–Crippen MR) is 70.1 cm³/mol. The van der Waals surface area contributed by atoms with Crippen LogP contribution in [0.2, 0.25) is 0 Å². The zero-order chi connectivity index (χ0) is 14.7. The second-order valence-electron chi connectivity index (χ2n) is 5.03. The molecule has 0 atom stereocenters. The zero-order valence-corrected chi connectivity index (χ0v) is 11.9. The molecule has 0 N–H and O–H groups in total. The van der Waals surface area contributed by atoms with Crippen LogP contribution in [0.4, 0.5) is 4.39 Å². The third-order valence-electron chi connectivity index (χ3n) is 2.61. The van der Waals surface area contributed by atoms with Gasteiger partial charge in [-0.3, -0.25) is 0 Å². The van der Waals surface area contributed by atoms with Crippen molar-refractivity contribution in [3.05, 3.63) is 29.6 Å². The molecule has 19 heavy (non-hydrogen) atoms. The lowest BCUT2D eigenvalue weighted by atomic mass is 10.2. The number of sulfone groups is 1. The maximum atomic E-state index is 13.3. The Morgan fingerprint density at radius 1 is 1.37 bits per heavy atom. The summed E-state index contributed by atoms with van der Waals surface area (Å²) in [6.45, 7) is 4.79. The van der Waals surface area contributed by atoms with E-state index in [2.05, 4.69) is 0 Å². The molecule has 0 saturated heterocycles. The molecule has 0 fully saturated rings. The lowest BCUT2D eigenvalue weighted by molar-refractivity contribution is 0.337. The lowest BCUT2D eigenvalue weighted by Crippen LogP contribution is -2.32. The van der Waals surface area contributed by atoms with Gasteiger partial charge in [0.2, 0.25) is 0 Å². The van der Waals surface area contributed by atoms with Gasteiger partial charge in [-0.1, -0.05) is 0 Å². The highest BCUT2D eigenvalue weighted by atomic mass is 32.2. The quantitative estimate of drug-likeness (QED) is 0.851. The molecule has 0 heterocycles. The molecule has 0 aliphatic carbocycles. The summed E-state index contributed by atoms with van der Waals surface area (Å²) >= 11 is 0. The Morgan fingerprint density at radius 2 is 2.00 bits per heavy atom. The van der Waals surface area contributed by atoms with Crippen molar-refractivity contribution in [2.75, 3.05) is 12.4 Å². The number of hydrogen-bond donors (Lipinski definition) is 0. The monoisotopic (exact) mass is 285 g/mol. The molecule has 4 nitrogen and oxygen atoms in total. The van der Waals surface area contributed by atoms with E-state index in [1.54, 1.807) is 26.8 Å². The van der Waals surface area contributed by atoms with E-state index in [4.69, 9.17) is 10.00 Å². The molecule has 0 unspecified atom stereocenters. The van der Waals surface area contributed by atoms with Crippen LogP contribution in [-0.4, -0.2) is 25.5 Å². The molecular formula is C13H16FNO3S. The van der Waals surface area contributed by atoms with E-state index in [1.165, 1.54) is 12.1 Å². The molecule has 0 spiro atoms. The molecule has 0 saturated carbocycles. The van der Waals surface area contributed by atoms with Crippen LogP contribution < -0.4 is 4.74 Å². The Kier molecular flexibility index (Phi) is 4.53. The van der Waals surface area contributed by atoms with Gasteiger partial charge in [0, 0.05) is 6.07 Å². The van der Waals surface area contributed by atoms with E-state index in [1.807, 2.05) is 0 Å². The largest absolute Gasteiger partial charge is 0.492 e. The minimum absolute atomic E-state index is 0.0507. The summed E-state index contributed by atoms with van der Waals surface area (Å²) in [6, 6.07) is 5.50. The minimum Gasteiger partial charge on any atom is -0.492 e. The van der Waals surface area contributed by atoms with Crippen LogP contribution in [0.15, 0.2) is 18.2 Å². The van der Waals surface area contributed by atoms with Gasteiger partial charge in [0.25, 0.3) is 0 Å². The van der Waals surface area contributed by atoms with Gasteiger partial charge in [-0.15, -0.1) is 0 Å². The Labute approximate surface area is 112 Å². The van der Waals surface area contributed by atoms with E-state index in [9.17, 15) is 12.8 Å². The highest BCUT2D eigenvalue weighted by Crippen LogP contribution is 2.18. The smallest absolute Gasteiger partial charge is 0.158 e. The molecule has 104 valence electrons. The Bertz CT molecular complexity index is 597. The number of rotatable bonds is 4. The normalized spacial score (nSPS) is 11.9. The van der Waals surface area contributed by atoms with Crippen LogP contribution >= 0.6 is 0 Å². The molecule has 0 bridgehead atoms. The Hall–Kier alpha value is -1.61. The number of halogens is 1. The number of ether oxygens (including phenoxy) is 1. The first-order valence-corrected chi connectivity index (χ1v) is 7.37. The molecule has 0 radical (unpaired) electrons. The molecular weight excluding hydrogens is 269 g/mol. The topological polar surface area (TPSA) is 67.2 Å². The molecule has 1 aromatic carbocycles. The van der Waals surface area contributed by atoms with E-state index in [-0.39, 0.29) is 23.7 Å². The number of nitrogens with zero attached hydrogens (tertiary/aromatic N) is 1. The molecule has 1 aromatic rings. The molecule has 0 aliphatic rings. The molecule has 0 aromatic heterocycles. The highest BCUT2D eigenvalue weighted by molar-refractivity contribution is 7.92. The van der Waals surface area contributed by atoms with Gasteiger partial charge in [-0.2, -0.15) is 5.26 Å². The van der Waals surface area contributed by atoms with Crippen molar-refractivity contribution < 1.29 is 17.5 Å². The Balaban J connectivity index is 2.65. The van der Waals surface area contributed by atoms with Crippen molar-refractivity contribution >= 4 is 9.84 Å². The number of nitriles is 1. The van der Waals surface area contributed by atoms with Crippen molar-refractivity contribution in [2.24, 2.45) is 0 Å². The summed E-state index contributed by atoms with van der Waals surface area (Å²) in [7, 11) is -3.26.